The molecule has 1 heterocycles. The Morgan fingerprint density at radius 1 is 0.931 bits per heavy atom. The normalized spacial score (nSPS) is 15.5. The van der Waals surface area contributed by atoms with Gasteiger partial charge in [-0.3, -0.25) is 0 Å². The van der Waals surface area contributed by atoms with Crippen molar-refractivity contribution in [1.82, 2.24) is 4.98 Å². The number of hydrogen-bond donors (Lipinski definition) is 1. The van der Waals surface area contributed by atoms with Crippen LogP contribution in [0.15, 0.2) is 66.7 Å². The van der Waals surface area contributed by atoms with Gasteiger partial charge in [0.25, 0.3) is 0 Å². The average molecular weight is 381 g/mol. The van der Waals surface area contributed by atoms with E-state index in [1.807, 2.05) is 24.3 Å². The lowest BCUT2D eigenvalue weighted by atomic mass is 9.94. The lowest BCUT2D eigenvalue weighted by Crippen LogP contribution is -2.02. The van der Waals surface area contributed by atoms with E-state index in [0.717, 1.165) is 46.0 Å². The Hall–Kier alpha value is -3.17. The van der Waals surface area contributed by atoms with E-state index in [1.165, 1.54) is 16.7 Å². The smallest absolute Gasteiger partial charge is 0.214 e. The summed E-state index contributed by atoms with van der Waals surface area (Å²) in [6, 6.07) is 23.0. The zero-order valence-corrected chi connectivity index (χ0v) is 16.6. The topological polar surface area (TPSA) is 42.4 Å². The van der Waals surface area contributed by atoms with Crippen LogP contribution in [0.1, 0.15) is 33.9 Å². The fraction of sp³-hybridized carbons (Fsp3) is 0.192. The summed E-state index contributed by atoms with van der Waals surface area (Å²) in [6.45, 7) is 2.14. The number of aliphatic hydroxyl groups is 1. The van der Waals surface area contributed by atoms with Crippen LogP contribution >= 0.6 is 0 Å². The molecule has 1 aliphatic rings. The average Bonchev–Trinajstić information content (AvgIpc) is 2.77. The largest absolute Gasteiger partial charge is 0.481 e. The molecule has 3 heteroatoms. The molecule has 5 rings (SSSR count). The van der Waals surface area contributed by atoms with Crippen molar-refractivity contribution in [1.29, 1.82) is 0 Å². The Morgan fingerprint density at radius 3 is 2.62 bits per heavy atom. The monoisotopic (exact) mass is 381 g/mol. The van der Waals surface area contributed by atoms with Crippen LogP contribution in [0.3, 0.4) is 0 Å². The molecule has 0 amide bonds. The van der Waals surface area contributed by atoms with Gasteiger partial charge in [-0.2, -0.15) is 0 Å². The molecule has 4 aromatic rings. The minimum atomic E-state index is -0.669. The summed E-state index contributed by atoms with van der Waals surface area (Å²) in [4.78, 5) is 4.61. The highest BCUT2D eigenvalue weighted by Crippen LogP contribution is 2.35. The summed E-state index contributed by atoms with van der Waals surface area (Å²) in [5, 5.41) is 12.1. The summed E-state index contributed by atoms with van der Waals surface area (Å²) < 4.78 is 5.45. The Morgan fingerprint density at radius 2 is 1.76 bits per heavy atom. The van der Waals surface area contributed by atoms with Crippen LogP contribution in [0.25, 0.3) is 22.0 Å². The molecule has 1 unspecified atom stereocenters. The Kier molecular flexibility index (Phi) is 4.33. The van der Waals surface area contributed by atoms with Crippen LogP contribution < -0.4 is 4.74 Å². The molecule has 0 spiro atoms. The van der Waals surface area contributed by atoms with Gasteiger partial charge in [-0.25, -0.2) is 4.98 Å². The fourth-order valence-electron chi connectivity index (χ4n) is 4.23. The van der Waals surface area contributed by atoms with Crippen molar-refractivity contribution in [3.63, 3.8) is 0 Å². The van der Waals surface area contributed by atoms with E-state index >= 15 is 0 Å². The Balaban J connectivity index is 1.81. The third kappa shape index (κ3) is 3.18. The van der Waals surface area contributed by atoms with Gasteiger partial charge in [0.1, 0.15) is 6.10 Å². The van der Waals surface area contributed by atoms with Crippen molar-refractivity contribution >= 4 is 10.9 Å². The van der Waals surface area contributed by atoms with Crippen molar-refractivity contribution in [2.24, 2.45) is 0 Å². The van der Waals surface area contributed by atoms with Crippen molar-refractivity contribution in [2.45, 2.75) is 25.9 Å². The number of pyridine rings is 1. The zero-order chi connectivity index (χ0) is 20.0. The summed E-state index contributed by atoms with van der Waals surface area (Å²) in [7, 11) is 1.64. The van der Waals surface area contributed by atoms with E-state index < -0.39 is 6.10 Å². The minimum Gasteiger partial charge on any atom is -0.481 e. The van der Waals surface area contributed by atoms with E-state index in [2.05, 4.69) is 54.4 Å². The number of fused-ring (bicyclic) bond motifs is 6. The van der Waals surface area contributed by atoms with Crippen LogP contribution in [-0.4, -0.2) is 17.2 Å². The van der Waals surface area contributed by atoms with Gasteiger partial charge in [-0.15, -0.1) is 0 Å². The van der Waals surface area contributed by atoms with E-state index in [0.29, 0.717) is 5.88 Å². The number of nitrogens with zero attached hydrogens (tertiary/aromatic N) is 1. The quantitative estimate of drug-likeness (QED) is 0.480. The number of aryl methyl sites for hydroxylation is 3. The number of hydrogen-bond acceptors (Lipinski definition) is 3. The molecule has 0 fully saturated rings. The Labute approximate surface area is 170 Å². The SMILES string of the molecule is COc1cc2c3cc(ccc3n1)C(O)c1ccc(C)c(c1)CCc1cccc-2c1. The molecule has 3 aromatic carbocycles. The van der Waals surface area contributed by atoms with Gasteiger partial charge in [-0.05, 0) is 70.8 Å². The van der Waals surface area contributed by atoms with Gasteiger partial charge in [0.05, 0.1) is 12.6 Å². The van der Waals surface area contributed by atoms with Crippen LogP contribution in [0.4, 0.5) is 0 Å². The number of benzene rings is 3. The van der Waals surface area contributed by atoms with Gasteiger partial charge in [0.2, 0.25) is 5.88 Å². The molecule has 3 nitrogen and oxygen atoms in total. The third-order valence-electron chi connectivity index (χ3n) is 5.94. The Bertz CT molecular complexity index is 1230. The second-order valence-corrected chi connectivity index (χ2v) is 7.78. The lowest BCUT2D eigenvalue weighted by Gasteiger charge is -2.16. The van der Waals surface area contributed by atoms with Gasteiger partial charge in [0.15, 0.2) is 0 Å². The second kappa shape index (κ2) is 7.02. The number of aliphatic hydroxyl groups excluding tert-OH is 1. The molecule has 0 saturated heterocycles. The zero-order valence-electron chi connectivity index (χ0n) is 16.6. The van der Waals surface area contributed by atoms with Crippen LogP contribution in [-0.2, 0) is 12.8 Å². The minimum absolute atomic E-state index is 0.595. The molecular formula is C26H23NO2. The molecule has 0 saturated carbocycles. The van der Waals surface area contributed by atoms with Crippen molar-refractivity contribution in [3.05, 3.63) is 94.5 Å². The van der Waals surface area contributed by atoms with E-state index in [-0.39, 0.29) is 0 Å². The summed E-state index contributed by atoms with van der Waals surface area (Å²) in [5.41, 5.74) is 8.72. The molecule has 1 aromatic heterocycles. The van der Waals surface area contributed by atoms with E-state index in [4.69, 9.17) is 4.74 Å². The number of aromatic nitrogens is 1. The number of rotatable bonds is 1. The summed E-state index contributed by atoms with van der Waals surface area (Å²) in [5.74, 6) is 0.595. The van der Waals surface area contributed by atoms with Gasteiger partial charge >= 0.3 is 0 Å². The number of ether oxygens (including phenoxy) is 1. The van der Waals surface area contributed by atoms with Crippen LogP contribution in [0, 0.1) is 6.92 Å². The molecule has 144 valence electrons. The molecular weight excluding hydrogens is 358 g/mol. The summed E-state index contributed by atoms with van der Waals surface area (Å²) in [6.07, 6.45) is 1.23. The first-order chi connectivity index (χ1) is 14.1. The highest BCUT2D eigenvalue weighted by atomic mass is 16.5. The predicted octanol–water partition coefficient (Wildman–Crippen LogP) is 5.40. The maximum Gasteiger partial charge on any atom is 0.214 e. The molecule has 0 radical (unpaired) electrons. The van der Waals surface area contributed by atoms with Crippen molar-refractivity contribution < 1.29 is 9.84 Å². The first-order valence-corrected chi connectivity index (χ1v) is 9.98. The predicted molar refractivity (Wildman–Crippen MR) is 116 cm³/mol. The molecule has 6 bridgehead atoms. The van der Waals surface area contributed by atoms with Gasteiger partial charge in [-0.1, -0.05) is 48.5 Å². The molecule has 1 atom stereocenters. The second-order valence-electron chi connectivity index (χ2n) is 7.78. The third-order valence-corrected chi connectivity index (χ3v) is 5.94. The fourth-order valence-corrected chi connectivity index (χ4v) is 4.23. The van der Waals surface area contributed by atoms with Crippen molar-refractivity contribution in [2.75, 3.05) is 7.11 Å². The standard InChI is InChI=1S/C26H23NO2/c1-16-6-8-20-13-18(16)9-7-17-4-3-5-19(12-17)22-15-25(29-2)27-24-11-10-21(26(20)28)14-23(22)24/h3-6,8,10-15,26,28H,7,9H2,1-2H3. The van der Waals surface area contributed by atoms with Crippen LogP contribution in [0.2, 0.25) is 0 Å². The lowest BCUT2D eigenvalue weighted by molar-refractivity contribution is 0.220. The molecule has 0 aliphatic heterocycles. The highest BCUT2D eigenvalue weighted by molar-refractivity contribution is 5.95. The number of methoxy groups -OCH3 is 1. The maximum atomic E-state index is 11.1. The highest BCUT2D eigenvalue weighted by Gasteiger charge is 2.16. The van der Waals surface area contributed by atoms with E-state index in [9.17, 15) is 5.11 Å². The molecule has 29 heavy (non-hydrogen) atoms. The maximum absolute atomic E-state index is 11.1. The molecule has 1 N–H and O–H groups in total. The molecule has 1 aliphatic carbocycles. The van der Waals surface area contributed by atoms with E-state index in [1.54, 1.807) is 7.11 Å². The first-order valence-electron chi connectivity index (χ1n) is 9.98. The van der Waals surface area contributed by atoms with Crippen LogP contribution in [0.5, 0.6) is 5.88 Å². The first kappa shape index (κ1) is 17.9. The van der Waals surface area contributed by atoms with Crippen molar-refractivity contribution in [3.8, 4) is 17.0 Å². The van der Waals surface area contributed by atoms with Gasteiger partial charge in [0, 0.05) is 11.5 Å². The summed E-state index contributed by atoms with van der Waals surface area (Å²) >= 11 is 0. The van der Waals surface area contributed by atoms with Gasteiger partial charge < -0.3 is 9.84 Å².